The molecule has 1 amide bonds. The van der Waals surface area contributed by atoms with Gasteiger partial charge in [0.05, 0.1) is 0 Å². The monoisotopic (exact) mass is 199 g/mol. The predicted molar refractivity (Wildman–Crippen MR) is 56.6 cm³/mol. The molecule has 1 rings (SSSR count). The van der Waals surface area contributed by atoms with E-state index >= 15 is 0 Å². The molecule has 0 spiro atoms. The standard InChI is InChI=1S/C10H21N3O/c1-13(7-6-11)10(14)8-2-4-9(12)5-3-8/h8-9H,2-7,11-12H2,1H3. The van der Waals surface area contributed by atoms with Crippen LogP contribution in [0.15, 0.2) is 0 Å². The molecule has 0 heterocycles. The van der Waals surface area contributed by atoms with Gasteiger partial charge in [-0.05, 0) is 25.7 Å². The van der Waals surface area contributed by atoms with E-state index in [9.17, 15) is 4.79 Å². The van der Waals surface area contributed by atoms with Gasteiger partial charge in [0.2, 0.25) is 5.91 Å². The van der Waals surface area contributed by atoms with E-state index in [-0.39, 0.29) is 11.8 Å². The first-order chi connectivity index (χ1) is 6.65. The largest absolute Gasteiger partial charge is 0.344 e. The summed E-state index contributed by atoms with van der Waals surface area (Å²) < 4.78 is 0. The average Bonchev–Trinajstić information content (AvgIpc) is 2.18. The van der Waals surface area contributed by atoms with Gasteiger partial charge in [0.15, 0.2) is 0 Å². The molecule has 4 nitrogen and oxygen atoms in total. The minimum absolute atomic E-state index is 0.186. The fourth-order valence-corrected chi connectivity index (χ4v) is 1.98. The third-order valence-corrected chi connectivity index (χ3v) is 2.96. The average molecular weight is 199 g/mol. The maximum absolute atomic E-state index is 11.8. The van der Waals surface area contributed by atoms with Crippen LogP contribution in [0.5, 0.6) is 0 Å². The van der Waals surface area contributed by atoms with Gasteiger partial charge in [0.25, 0.3) is 0 Å². The molecule has 82 valence electrons. The highest BCUT2D eigenvalue weighted by molar-refractivity contribution is 5.78. The highest BCUT2D eigenvalue weighted by Crippen LogP contribution is 2.24. The van der Waals surface area contributed by atoms with Gasteiger partial charge in [-0.25, -0.2) is 0 Å². The molecule has 1 saturated carbocycles. The van der Waals surface area contributed by atoms with Crippen LogP contribution >= 0.6 is 0 Å². The maximum Gasteiger partial charge on any atom is 0.225 e. The first-order valence-corrected chi connectivity index (χ1v) is 5.35. The summed E-state index contributed by atoms with van der Waals surface area (Å²) in [6.45, 7) is 1.19. The van der Waals surface area contributed by atoms with E-state index < -0.39 is 0 Å². The van der Waals surface area contributed by atoms with Crippen molar-refractivity contribution in [2.24, 2.45) is 17.4 Å². The topological polar surface area (TPSA) is 72.3 Å². The summed E-state index contributed by atoms with van der Waals surface area (Å²) in [7, 11) is 1.82. The fraction of sp³-hybridized carbons (Fsp3) is 0.900. The molecule has 1 aliphatic rings. The second-order valence-corrected chi connectivity index (χ2v) is 4.16. The van der Waals surface area contributed by atoms with Gasteiger partial charge in [-0.1, -0.05) is 0 Å². The lowest BCUT2D eigenvalue weighted by molar-refractivity contribution is -0.135. The lowest BCUT2D eigenvalue weighted by Gasteiger charge is -2.28. The smallest absolute Gasteiger partial charge is 0.225 e. The van der Waals surface area contributed by atoms with Crippen LogP contribution in [0.1, 0.15) is 25.7 Å². The quantitative estimate of drug-likeness (QED) is 0.668. The molecule has 14 heavy (non-hydrogen) atoms. The minimum Gasteiger partial charge on any atom is -0.344 e. The number of nitrogens with two attached hydrogens (primary N) is 2. The molecule has 0 aliphatic heterocycles. The molecule has 0 saturated heterocycles. The van der Waals surface area contributed by atoms with Gasteiger partial charge in [-0.3, -0.25) is 4.79 Å². The van der Waals surface area contributed by atoms with Crippen LogP contribution in [0.25, 0.3) is 0 Å². The normalized spacial score (nSPS) is 27.4. The van der Waals surface area contributed by atoms with Crippen LogP contribution in [0.4, 0.5) is 0 Å². The summed E-state index contributed by atoms with van der Waals surface area (Å²) in [4.78, 5) is 13.6. The Morgan fingerprint density at radius 1 is 1.36 bits per heavy atom. The SMILES string of the molecule is CN(CCN)C(=O)C1CCC(N)CC1. The zero-order valence-corrected chi connectivity index (χ0v) is 8.91. The Bertz CT molecular complexity index is 188. The molecule has 0 unspecified atom stereocenters. The summed E-state index contributed by atoms with van der Waals surface area (Å²) in [5.74, 6) is 0.425. The van der Waals surface area contributed by atoms with Crippen LogP contribution in [0.2, 0.25) is 0 Å². The summed E-state index contributed by atoms with van der Waals surface area (Å²) in [6, 6.07) is 0.305. The Morgan fingerprint density at radius 2 is 1.93 bits per heavy atom. The lowest BCUT2D eigenvalue weighted by Crippen LogP contribution is -2.39. The highest BCUT2D eigenvalue weighted by Gasteiger charge is 2.26. The van der Waals surface area contributed by atoms with Gasteiger partial charge in [0, 0.05) is 32.1 Å². The van der Waals surface area contributed by atoms with E-state index in [2.05, 4.69) is 0 Å². The molecular weight excluding hydrogens is 178 g/mol. The number of nitrogens with zero attached hydrogens (tertiary/aromatic N) is 1. The summed E-state index contributed by atoms with van der Waals surface area (Å²) in [6.07, 6.45) is 3.84. The van der Waals surface area contributed by atoms with Gasteiger partial charge in [-0.2, -0.15) is 0 Å². The van der Waals surface area contributed by atoms with Crippen molar-refractivity contribution in [1.29, 1.82) is 0 Å². The van der Waals surface area contributed by atoms with Crippen molar-refractivity contribution in [2.45, 2.75) is 31.7 Å². The summed E-state index contributed by atoms with van der Waals surface area (Å²) in [5, 5.41) is 0. The number of hydrogen-bond acceptors (Lipinski definition) is 3. The van der Waals surface area contributed by atoms with Crippen molar-refractivity contribution in [1.82, 2.24) is 4.90 Å². The zero-order valence-electron chi connectivity index (χ0n) is 8.91. The number of carbonyl (C=O) groups is 1. The van der Waals surface area contributed by atoms with Crippen LogP contribution in [-0.4, -0.2) is 37.0 Å². The van der Waals surface area contributed by atoms with Crippen LogP contribution in [0, 0.1) is 5.92 Å². The van der Waals surface area contributed by atoms with Crippen molar-refractivity contribution in [2.75, 3.05) is 20.1 Å². The third-order valence-electron chi connectivity index (χ3n) is 2.96. The Morgan fingerprint density at radius 3 is 2.43 bits per heavy atom. The highest BCUT2D eigenvalue weighted by atomic mass is 16.2. The van der Waals surface area contributed by atoms with Gasteiger partial charge in [-0.15, -0.1) is 0 Å². The zero-order chi connectivity index (χ0) is 10.6. The van der Waals surface area contributed by atoms with Crippen LogP contribution in [0.3, 0.4) is 0 Å². The number of likely N-dealkylation sites (N-methyl/N-ethyl adjacent to an activating group) is 1. The Labute approximate surface area is 85.6 Å². The van der Waals surface area contributed by atoms with Crippen LogP contribution in [-0.2, 0) is 4.79 Å². The molecule has 1 fully saturated rings. The maximum atomic E-state index is 11.8. The predicted octanol–water partition coefficient (Wildman–Crippen LogP) is -0.0790. The van der Waals surface area contributed by atoms with Crippen LogP contribution < -0.4 is 11.5 Å². The number of carbonyl (C=O) groups excluding carboxylic acids is 1. The Balaban J connectivity index is 2.37. The molecule has 0 atom stereocenters. The van der Waals surface area contributed by atoms with Gasteiger partial charge >= 0.3 is 0 Å². The van der Waals surface area contributed by atoms with Gasteiger partial charge < -0.3 is 16.4 Å². The molecular formula is C10H21N3O. The van der Waals surface area contributed by atoms with E-state index in [0.29, 0.717) is 19.1 Å². The lowest BCUT2D eigenvalue weighted by atomic mass is 9.85. The van der Waals surface area contributed by atoms with Crippen molar-refractivity contribution in [3.05, 3.63) is 0 Å². The molecule has 0 aromatic heterocycles. The van der Waals surface area contributed by atoms with E-state index in [1.165, 1.54) is 0 Å². The van der Waals surface area contributed by atoms with Crippen molar-refractivity contribution in [3.63, 3.8) is 0 Å². The molecule has 0 aromatic rings. The van der Waals surface area contributed by atoms with Crippen molar-refractivity contribution < 1.29 is 4.79 Å². The fourth-order valence-electron chi connectivity index (χ4n) is 1.98. The van der Waals surface area contributed by atoms with E-state index in [0.717, 1.165) is 25.7 Å². The van der Waals surface area contributed by atoms with E-state index in [1.807, 2.05) is 7.05 Å². The Kier molecular flexibility index (Phi) is 4.35. The van der Waals surface area contributed by atoms with Crippen molar-refractivity contribution >= 4 is 5.91 Å². The van der Waals surface area contributed by atoms with E-state index in [1.54, 1.807) is 4.90 Å². The minimum atomic E-state index is 0.186. The Hall–Kier alpha value is -0.610. The first kappa shape index (κ1) is 11.5. The first-order valence-electron chi connectivity index (χ1n) is 5.35. The second-order valence-electron chi connectivity index (χ2n) is 4.16. The number of amides is 1. The molecule has 0 aromatic carbocycles. The van der Waals surface area contributed by atoms with Gasteiger partial charge in [0.1, 0.15) is 0 Å². The third kappa shape index (κ3) is 2.96. The molecule has 0 bridgehead atoms. The second kappa shape index (κ2) is 5.32. The number of rotatable bonds is 3. The molecule has 0 radical (unpaired) electrons. The molecule has 4 heteroatoms. The summed E-state index contributed by atoms with van der Waals surface area (Å²) >= 11 is 0. The number of hydrogen-bond donors (Lipinski definition) is 2. The molecule has 1 aliphatic carbocycles. The van der Waals surface area contributed by atoms with E-state index in [4.69, 9.17) is 11.5 Å². The summed E-state index contributed by atoms with van der Waals surface area (Å²) in [5.41, 5.74) is 11.2. The molecule has 4 N–H and O–H groups in total. The van der Waals surface area contributed by atoms with Crippen molar-refractivity contribution in [3.8, 4) is 0 Å².